The van der Waals surface area contributed by atoms with Crippen molar-refractivity contribution in [2.75, 3.05) is 5.32 Å². The van der Waals surface area contributed by atoms with Gasteiger partial charge in [0.05, 0.1) is 4.92 Å². The Balaban J connectivity index is 0.00000450. The molecule has 0 fully saturated rings. The van der Waals surface area contributed by atoms with Gasteiger partial charge in [-0.1, -0.05) is 18.2 Å². The van der Waals surface area contributed by atoms with Gasteiger partial charge in [-0.3, -0.25) is 24.3 Å². The van der Waals surface area contributed by atoms with Gasteiger partial charge >= 0.3 is 0 Å². The maximum absolute atomic E-state index is 12.3. The Morgan fingerprint density at radius 3 is 2.30 bits per heavy atom. The second-order valence-electron chi connectivity index (χ2n) is 5.63. The topological polar surface area (TPSA) is 189 Å². The average molecular weight is 474 g/mol. The number of anilines is 1. The summed E-state index contributed by atoms with van der Waals surface area (Å²) in [6.07, 6.45) is 0. The Bertz CT molecular complexity index is 1110. The third kappa shape index (κ3) is 6.16. The molecule has 14 heteroatoms. The standard InChI is InChI=1S/C16H14N4O8S.Cr/c1-9(21)14(16(23)17-10-5-3-2-4-6-10)19-18-12-7-11(20(24)25)8-13(15(12)22)29(26,27)28;/h2-8,14,22H,1H3,(H,17,23)(H,26,27,28);. The first-order valence-corrected chi connectivity index (χ1v) is 9.21. The molecule has 0 aromatic heterocycles. The molecule has 0 bridgehead atoms. The number of para-hydroxylation sites is 1. The van der Waals surface area contributed by atoms with Crippen molar-refractivity contribution in [2.24, 2.45) is 10.2 Å². The fraction of sp³-hybridized carbons (Fsp3) is 0.125. The SMILES string of the molecule is CC(=O)C(N=Nc1cc([N+](=O)[O-])cc(S(=O)(=O)O)c1O)C(=O)Nc1ccccc1.[Cr]. The van der Waals surface area contributed by atoms with Gasteiger partial charge < -0.3 is 10.4 Å². The molecule has 0 saturated carbocycles. The predicted molar refractivity (Wildman–Crippen MR) is 98.6 cm³/mol. The number of ketones is 1. The van der Waals surface area contributed by atoms with Crippen molar-refractivity contribution in [2.45, 2.75) is 17.9 Å². The number of carbonyl (C=O) groups excluding carboxylic acids is 2. The minimum Gasteiger partial charge on any atom is -0.504 e. The number of hydrogen-bond donors (Lipinski definition) is 3. The molecule has 0 aliphatic heterocycles. The van der Waals surface area contributed by atoms with Crippen molar-refractivity contribution >= 4 is 38.9 Å². The normalized spacial score (nSPS) is 12.1. The van der Waals surface area contributed by atoms with Crippen LogP contribution in [0.1, 0.15) is 6.92 Å². The fourth-order valence-electron chi connectivity index (χ4n) is 2.13. The van der Waals surface area contributed by atoms with Crippen LogP contribution in [0.2, 0.25) is 0 Å². The summed E-state index contributed by atoms with van der Waals surface area (Å²) < 4.78 is 31.8. The number of non-ortho nitro benzene ring substituents is 1. The second kappa shape index (κ2) is 10.0. The molecule has 12 nitrogen and oxygen atoms in total. The number of nitrogens with zero attached hydrogens (tertiary/aromatic N) is 3. The van der Waals surface area contributed by atoms with Crippen LogP contribution in [0.15, 0.2) is 57.6 Å². The van der Waals surface area contributed by atoms with Crippen molar-refractivity contribution in [1.82, 2.24) is 0 Å². The zero-order valence-corrected chi connectivity index (χ0v) is 17.2. The Hall–Kier alpha value is -3.18. The number of Topliss-reactive ketones (excluding diaryl/α,β-unsaturated/α-hetero) is 1. The molecule has 158 valence electrons. The Kier molecular flexibility index (Phi) is 8.31. The van der Waals surface area contributed by atoms with Gasteiger partial charge in [0.15, 0.2) is 11.5 Å². The molecule has 0 saturated heterocycles. The van der Waals surface area contributed by atoms with Crippen LogP contribution in [0.3, 0.4) is 0 Å². The summed E-state index contributed by atoms with van der Waals surface area (Å²) in [6, 6.07) is 7.50. The fourth-order valence-corrected chi connectivity index (χ4v) is 2.75. The summed E-state index contributed by atoms with van der Waals surface area (Å²) in [7, 11) is -5.03. The van der Waals surface area contributed by atoms with Crippen molar-refractivity contribution in [3.63, 3.8) is 0 Å². The maximum Gasteiger partial charge on any atom is 0.298 e. The van der Waals surface area contributed by atoms with Crippen LogP contribution in [0.4, 0.5) is 17.1 Å². The Morgan fingerprint density at radius 2 is 1.80 bits per heavy atom. The van der Waals surface area contributed by atoms with Crippen LogP contribution in [0.5, 0.6) is 5.75 Å². The number of nitro benzene ring substituents is 1. The van der Waals surface area contributed by atoms with E-state index in [4.69, 9.17) is 4.55 Å². The van der Waals surface area contributed by atoms with Gasteiger partial charge in [0.1, 0.15) is 10.6 Å². The van der Waals surface area contributed by atoms with E-state index in [0.717, 1.165) is 6.92 Å². The van der Waals surface area contributed by atoms with Crippen LogP contribution < -0.4 is 5.32 Å². The van der Waals surface area contributed by atoms with Crippen LogP contribution in [0, 0.1) is 10.1 Å². The zero-order valence-electron chi connectivity index (χ0n) is 15.1. The van der Waals surface area contributed by atoms with E-state index in [-0.39, 0.29) is 17.4 Å². The summed E-state index contributed by atoms with van der Waals surface area (Å²) in [6.45, 7) is 1.05. The molecule has 1 atom stereocenters. The molecule has 1 amide bonds. The first-order valence-electron chi connectivity index (χ1n) is 7.77. The van der Waals surface area contributed by atoms with Gasteiger partial charge in [0.25, 0.3) is 21.7 Å². The molecule has 3 N–H and O–H groups in total. The minimum atomic E-state index is -5.03. The van der Waals surface area contributed by atoms with Crippen molar-refractivity contribution in [3.05, 3.63) is 52.6 Å². The molecule has 2 aromatic carbocycles. The molecule has 1 unspecified atom stereocenters. The van der Waals surface area contributed by atoms with Crippen molar-refractivity contribution < 1.29 is 50.0 Å². The first kappa shape index (κ1) is 24.9. The van der Waals surface area contributed by atoms with Gasteiger partial charge in [-0.25, -0.2) is 0 Å². The van der Waals surface area contributed by atoms with Crippen molar-refractivity contribution in [3.8, 4) is 5.75 Å². The number of phenols is 1. The predicted octanol–water partition coefficient (Wildman–Crippen LogP) is 2.22. The molecule has 2 aromatic rings. The third-order valence-electron chi connectivity index (χ3n) is 3.48. The largest absolute Gasteiger partial charge is 0.504 e. The van der Waals surface area contributed by atoms with E-state index < -0.39 is 54.8 Å². The summed E-state index contributed by atoms with van der Waals surface area (Å²) in [5, 5.41) is 30.2. The van der Waals surface area contributed by atoms with E-state index in [1.807, 2.05) is 0 Å². The Labute approximate surface area is 180 Å². The molecule has 0 spiro atoms. The van der Waals surface area contributed by atoms with Crippen LogP contribution in [-0.2, 0) is 37.1 Å². The molecular formula is C16H14CrN4O8S. The van der Waals surface area contributed by atoms with E-state index in [2.05, 4.69) is 15.5 Å². The summed E-state index contributed by atoms with van der Waals surface area (Å²) >= 11 is 0. The van der Waals surface area contributed by atoms with E-state index in [9.17, 15) is 33.2 Å². The molecule has 0 radical (unpaired) electrons. The number of phenolic OH excluding ortho intramolecular Hbond substituents is 1. The van der Waals surface area contributed by atoms with Gasteiger partial charge in [0, 0.05) is 35.2 Å². The smallest absolute Gasteiger partial charge is 0.298 e. The third-order valence-corrected chi connectivity index (χ3v) is 4.35. The molecule has 2 rings (SSSR count). The number of nitro groups is 1. The number of hydrogen-bond acceptors (Lipinski definition) is 9. The number of rotatable bonds is 7. The number of benzene rings is 2. The number of amides is 1. The minimum absolute atomic E-state index is 0. The molecule has 0 heterocycles. The van der Waals surface area contributed by atoms with Gasteiger partial charge in [-0.15, -0.1) is 0 Å². The molecule has 30 heavy (non-hydrogen) atoms. The van der Waals surface area contributed by atoms with E-state index in [0.29, 0.717) is 17.8 Å². The maximum atomic E-state index is 12.3. The Morgan fingerprint density at radius 1 is 1.20 bits per heavy atom. The summed E-state index contributed by atoms with van der Waals surface area (Å²) in [5.41, 5.74) is -1.19. The van der Waals surface area contributed by atoms with E-state index in [1.165, 1.54) is 0 Å². The summed E-state index contributed by atoms with van der Waals surface area (Å²) in [4.78, 5) is 32.8. The first-order chi connectivity index (χ1) is 13.5. The quantitative estimate of drug-likeness (QED) is 0.179. The van der Waals surface area contributed by atoms with Crippen LogP contribution in [0.25, 0.3) is 0 Å². The number of azo groups is 1. The number of carbonyl (C=O) groups is 2. The number of aromatic hydroxyl groups is 1. The van der Waals surface area contributed by atoms with Crippen LogP contribution in [-0.4, -0.2) is 40.7 Å². The van der Waals surface area contributed by atoms with Gasteiger partial charge in [-0.05, 0) is 19.1 Å². The van der Waals surface area contributed by atoms with E-state index in [1.54, 1.807) is 30.3 Å². The number of nitrogens with one attached hydrogen (secondary N) is 1. The molecule has 0 aliphatic rings. The van der Waals surface area contributed by atoms with Gasteiger partial charge in [0.2, 0.25) is 6.04 Å². The molecule has 0 aliphatic carbocycles. The zero-order chi connectivity index (χ0) is 21.8. The van der Waals surface area contributed by atoms with Crippen LogP contribution >= 0.6 is 0 Å². The van der Waals surface area contributed by atoms with E-state index >= 15 is 0 Å². The second-order valence-corrected chi connectivity index (χ2v) is 7.02. The monoisotopic (exact) mass is 474 g/mol. The molecular weight excluding hydrogens is 460 g/mol. The average Bonchev–Trinajstić information content (AvgIpc) is 2.62. The summed E-state index contributed by atoms with van der Waals surface area (Å²) in [5.74, 6) is -2.73. The van der Waals surface area contributed by atoms with Crippen molar-refractivity contribution in [1.29, 1.82) is 0 Å². The van der Waals surface area contributed by atoms with Gasteiger partial charge in [-0.2, -0.15) is 18.6 Å².